The maximum Gasteiger partial charge on any atom is 0.352 e. The molecule has 1 heterocycles. The molecule has 0 aromatic carbocycles. The zero-order chi connectivity index (χ0) is 11.4. The van der Waals surface area contributed by atoms with Gasteiger partial charge in [0.2, 0.25) is 0 Å². The largest absolute Gasteiger partial charge is 0.481 e. The van der Waals surface area contributed by atoms with Gasteiger partial charge in [0.1, 0.15) is 12.0 Å². The Bertz CT molecular complexity index is 406. The van der Waals surface area contributed by atoms with Crippen LogP contribution in [0.4, 0.5) is 5.69 Å². The predicted octanol–water partition coefficient (Wildman–Crippen LogP) is 0.0205. The molecule has 0 aliphatic heterocycles. The van der Waals surface area contributed by atoms with E-state index in [0.717, 1.165) is 6.33 Å². The summed E-state index contributed by atoms with van der Waals surface area (Å²) in [4.78, 5) is 27.3. The first-order chi connectivity index (χ1) is 7.06. The summed E-state index contributed by atoms with van der Waals surface area (Å²) in [5, 5.41) is 19.1. The minimum absolute atomic E-state index is 0.181. The Morgan fingerprint density at radius 2 is 2.33 bits per heavy atom. The lowest BCUT2D eigenvalue weighted by Crippen LogP contribution is -2.08. The molecule has 1 rings (SSSR count). The molecule has 80 valence electrons. The number of carboxylic acid groups (broad SMARTS) is 1. The molecule has 0 aliphatic rings. The average Bonchev–Trinajstić information content (AvgIpc) is 2.15. The second-order valence-electron chi connectivity index (χ2n) is 2.51. The first-order valence-corrected chi connectivity index (χ1v) is 3.80. The van der Waals surface area contributed by atoms with E-state index in [2.05, 4.69) is 14.7 Å². The van der Waals surface area contributed by atoms with Gasteiger partial charge in [0, 0.05) is 0 Å². The van der Waals surface area contributed by atoms with Crippen molar-refractivity contribution in [2.24, 2.45) is 0 Å². The Labute approximate surface area is 83.7 Å². The van der Waals surface area contributed by atoms with Crippen LogP contribution in [0, 0.1) is 10.1 Å². The number of aliphatic carboxylic acids is 1. The molecule has 1 N–H and O–H groups in total. The van der Waals surface area contributed by atoms with E-state index in [0.29, 0.717) is 0 Å². The molecule has 1 aromatic heterocycles. The zero-order valence-electron chi connectivity index (χ0n) is 7.71. The maximum atomic E-state index is 10.6. The van der Waals surface area contributed by atoms with Crippen LogP contribution in [0.15, 0.2) is 6.33 Å². The fraction of sp³-hybridized carbons (Fsp3) is 0.286. The minimum Gasteiger partial charge on any atom is -0.481 e. The van der Waals surface area contributed by atoms with E-state index in [4.69, 9.17) is 5.11 Å². The van der Waals surface area contributed by atoms with Crippen LogP contribution in [0.3, 0.4) is 0 Å². The highest BCUT2D eigenvalue weighted by molar-refractivity contribution is 5.71. The molecule has 0 saturated heterocycles. The molecule has 0 aliphatic carbocycles. The number of methoxy groups -OCH3 is 1. The summed E-state index contributed by atoms with van der Waals surface area (Å²) in [5.74, 6) is -1.45. The van der Waals surface area contributed by atoms with Crippen LogP contribution in [0.2, 0.25) is 0 Å². The number of ether oxygens (including phenoxy) is 1. The summed E-state index contributed by atoms with van der Waals surface area (Å²) in [7, 11) is 1.21. The molecule has 0 unspecified atom stereocenters. The molecule has 8 nitrogen and oxygen atoms in total. The van der Waals surface area contributed by atoms with Crippen molar-refractivity contribution >= 4 is 11.7 Å². The number of rotatable bonds is 4. The first kappa shape index (κ1) is 10.8. The summed E-state index contributed by atoms with van der Waals surface area (Å²) in [6, 6.07) is 0. The maximum absolute atomic E-state index is 10.6. The van der Waals surface area contributed by atoms with Gasteiger partial charge >= 0.3 is 11.7 Å². The number of carboxylic acids is 1. The summed E-state index contributed by atoms with van der Waals surface area (Å²) in [6.45, 7) is 0. The van der Waals surface area contributed by atoms with Gasteiger partial charge in [-0.15, -0.1) is 0 Å². The van der Waals surface area contributed by atoms with Crippen molar-refractivity contribution in [1.29, 1.82) is 0 Å². The lowest BCUT2D eigenvalue weighted by Gasteiger charge is -2.02. The Morgan fingerprint density at radius 3 is 2.80 bits per heavy atom. The number of nitro groups is 1. The SMILES string of the molecule is COc1ncnc(CC(=O)O)c1[N+](=O)[O-]. The Balaban J connectivity index is 3.25. The smallest absolute Gasteiger partial charge is 0.352 e. The molecule has 0 atom stereocenters. The van der Waals surface area contributed by atoms with E-state index in [1.807, 2.05) is 0 Å². The second kappa shape index (κ2) is 4.31. The van der Waals surface area contributed by atoms with Crippen LogP contribution >= 0.6 is 0 Å². The van der Waals surface area contributed by atoms with Gasteiger partial charge in [0.05, 0.1) is 18.5 Å². The summed E-state index contributed by atoms with van der Waals surface area (Å²) >= 11 is 0. The van der Waals surface area contributed by atoms with Gasteiger partial charge in [0.25, 0.3) is 5.88 Å². The minimum atomic E-state index is -1.21. The molecule has 0 bridgehead atoms. The summed E-state index contributed by atoms with van der Waals surface area (Å²) in [6.07, 6.45) is 0.472. The summed E-state index contributed by atoms with van der Waals surface area (Å²) in [5.41, 5.74) is -0.693. The monoisotopic (exact) mass is 213 g/mol. The van der Waals surface area contributed by atoms with Crippen LogP contribution in [0.25, 0.3) is 0 Å². The Kier molecular flexibility index (Phi) is 3.11. The number of nitrogens with zero attached hydrogens (tertiary/aromatic N) is 3. The van der Waals surface area contributed by atoms with Crippen LogP contribution < -0.4 is 4.74 Å². The Morgan fingerprint density at radius 1 is 1.67 bits per heavy atom. The summed E-state index contributed by atoms with van der Waals surface area (Å²) < 4.78 is 4.64. The van der Waals surface area contributed by atoms with Crippen molar-refractivity contribution < 1.29 is 19.6 Å². The first-order valence-electron chi connectivity index (χ1n) is 3.80. The van der Waals surface area contributed by atoms with E-state index in [1.165, 1.54) is 7.11 Å². The van der Waals surface area contributed by atoms with Crippen molar-refractivity contribution in [1.82, 2.24) is 9.97 Å². The molecule has 0 fully saturated rings. The highest BCUT2D eigenvalue weighted by atomic mass is 16.6. The van der Waals surface area contributed by atoms with E-state index < -0.39 is 23.0 Å². The van der Waals surface area contributed by atoms with E-state index >= 15 is 0 Å². The third-order valence-corrected chi connectivity index (χ3v) is 1.56. The van der Waals surface area contributed by atoms with Crippen LogP contribution in [-0.2, 0) is 11.2 Å². The molecule has 0 saturated carbocycles. The standard InChI is InChI=1S/C7H7N3O5/c1-15-7-6(10(13)14)4(2-5(11)12)8-3-9-7/h3H,2H2,1H3,(H,11,12). The lowest BCUT2D eigenvalue weighted by molar-refractivity contribution is -0.387. The number of hydrogen-bond acceptors (Lipinski definition) is 6. The third kappa shape index (κ3) is 2.36. The van der Waals surface area contributed by atoms with Crippen molar-refractivity contribution in [3.8, 4) is 5.88 Å². The fourth-order valence-electron chi connectivity index (χ4n) is 1.00. The lowest BCUT2D eigenvalue weighted by atomic mass is 10.2. The van der Waals surface area contributed by atoms with Crippen LogP contribution in [0.5, 0.6) is 5.88 Å². The van der Waals surface area contributed by atoms with Crippen LogP contribution in [0.1, 0.15) is 5.69 Å². The van der Waals surface area contributed by atoms with Gasteiger partial charge in [-0.3, -0.25) is 14.9 Å². The third-order valence-electron chi connectivity index (χ3n) is 1.56. The van der Waals surface area contributed by atoms with Gasteiger partial charge in [-0.2, -0.15) is 4.98 Å². The fourth-order valence-corrected chi connectivity index (χ4v) is 1.00. The molecule has 0 spiro atoms. The van der Waals surface area contributed by atoms with Gasteiger partial charge in [-0.25, -0.2) is 4.98 Å². The quantitative estimate of drug-likeness (QED) is 0.553. The van der Waals surface area contributed by atoms with Crippen LogP contribution in [-0.4, -0.2) is 33.1 Å². The van der Waals surface area contributed by atoms with Crippen molar-refractivity contribution in [2.75, 3.05) is 7.11 Å². The number of aromatic nitrogens is 2. The zero-order valence-corrected chi connectivity index (χ0v) is 7.71. The molecule has 0 amide bonds. The topological polar surface area (TPSA) is 115 Å². The highest BCUT2D eigenvalue weighted by Gasteiger charge is 2.24. The van der Waals surface area contributed by atoms with Crippen molar-refractivity contribution in [3.63, 3.8) is 0 Å². The van der Waals surface area contributed by atoms with E-state index in [-0.39, 0.29) is 11.6 Å². The van der Waals surface area contributed by atoms with Gasteiger partial charge < -0.3 is 9.84 Å². The molecule has 0 radical (unpaired) electrons. The van der Waals surface area contributed by atoms with Crippen molar-refractivity contribution in [2.45, 2.75) is 6.42 Å². The van der Waals surface area contributed by atoms with E-state index in [9.17, 15) is 14.9 Å². The predicted molar refractivity (Wildman–Crippen MR) is 46.6 cm³/mol. The molecule has 8 heteroatoms. The average molecular weight is 213 g/mol. The van der Waals surface area contributed by atoms with Gasteiger partial charge in [-0.1, -0.05) is 0 Å². The highest BCUT2D eigenvalue weighted by Crippen LogP contribution is 2.26. The number of carbonyl (C=O) groups is 1. The molecular weight excluding hydrogens is 206 g/mol. The molecular formula is C7H7N3O5. The molecule has 1 aromatic rings. The molecule has 15 heavy (non-hydrogen) atoms. The second-order valence-corrected chi connectivity index (χ2v) is 2.51. The van der Waals surface area contributed by atoms with Gasteiger partial charge in [0.15, 0.2) is 0 Å². The number of hydrogen-bond donors (Lipinski definition) is 1. The van der Waals surface area contributed by atoms with E-state index in [1.54, 1.807) is 0 Å². The normalized spacial score (nSPS) is 9.67. The van der Waals surface area contributed by atoms with Crippen molar-refractivity contribution in [3.05, 3.63) is 22.1 Å². The Hall–Kier alpha value is -2.25. The van der Waals surface area contributed by atoms with Gasteiger partial charge in [-0.05, 0) is 0 Å².